The van der Waals surface area contributed by atoms with E-state index in [1.807, 2.05) is 65.6 Å². The lowest BCUT2D eigenvalue weighted by atomic mass is 9.90. The van der Waals surface area contributed by atoms with Gasteiger partial charge in [-0.15, -0.1) is 0 Å². The fourth-order valence-electron chi connectivity index (χ4n) is 6.15. The number of benzene rings is 4. The van der Waals surface area contributed by atoms with E-state index < -0.39 is 11.7 Å². The molecule has 0 unspecified atom stereocenters. The van der Waals surface area contributed by atoms with Crippen molar-refractivity contribution in [3.8, 4) is 5.75 Å². The minimum absolute atomic E-state index is 0.00309. The molecule has 0 bridgehead atoms. The lowest BCUT2D eigenvalue weighted by Crippen LogP contribution is -2.41. The molecule has 1 atom stereocenters. The molecular weight excluding hydrogens is 637 g/mol. The van der Waals surface area contributed by atoms with E-state index in [1.54, 1.807) is 6.07 Å². The molecule has 0 radical (unpaired) electrons. The van der Waals surface area contributed by atoms with E-state index in [-0.39, 0.29) is 29.3 Å². The van der Waals surface area contributed by atoms with Gasteiger partial charge < -0.3 is 14.4 Å². The lowest BCUT2D eigenvalue weighted by molar-refractivity contribution is -0.137. The highest BCUT2D eigenvalue weighted by molar-refractivity contribution is 6.32. The first-order valence-corrected chi connectivity index (χ1v) is 16.8. The number of hydrogen-bond acceptors (Lipinski definition) is 4. The summed E-state index contributed by atoms with van der Waals surface area (Å²) >= 11 is 6.39. The molecule has 4 aromatic carbocycles. The topological polar surface area (TPSA) is 42.0 Å². The zero-order valence-corrected chi connectivity index (χ0v) is 27.9. The standard InChI is InChI=1S/C39H42ClF3N2O3/c1-29(18-21-48-34-16-8-10-30(24-34)25-37(46)45-19-22-47-23-20-45)26-44(27-33-15-9-17-36(38(33)40)39(41,42)43)28-35(31-11-4-2-5-12-31)32-13-6-3-7-14-32/h2-17,24,29,35H,18-23,25-28H2,1H3/t29-/m1/s1. The van der Waals surface area contributed by atoms with Gasteiger partial charge in [-0.1, -0.05) is 103 Å². The van der Waals surface area contributed by atoms with Crippen LogP contribution in [-0.2, 0) is 28.7 Å². The predicted molar refractivity (Wildman–Crippen MR) is 183 cm³/mol. The highest BCUT2D eigenvalue weighted by Crippen LogP contribution is 2.37. The van der Waals surface area contributed by atoms with E-state index in [0.717, 1.165) is 29.2 Å². The minimum Gasteiger partial charge on any atom is -0.494 e. The van der Waals surface area contributed by atoms with Crippen LogP contribution >= 0.6 is 11.6 Å². The van der Waals surface area contributed by atoms with Crippen molar-refractivity contribution in [3.05, 3.63) is 136 Å². The number of hydrogen-bond donors (Lipinski definition) is 0. The molecule has 9 heteroatoms. The zero-order valence-electron chi connectivity index (χ0n) is 27.2. The number of halogens is 4. The number of alkyl halides is 3. The highest BCUT2D eigenvalue weighted by Gasteiger charge is 2.34. The van der Waals surface area contributed by atoms with E-state index >= 15 is 0 Å². The molecule has 1 aliphatic rings. The Kier molecular flexibility index (Phi) is 12.6. The number of amides is 1. The summed E-state index contributed by atoms with van der Waals surface area (Å²) in [5.74, 6) is 0.945. The number of morpholine rings is 1. The van der Waals surface area contributed by atoms with Crippen LogP contribution in [0.15, 0.2) is 103 Å². The fourth-order valence-corrected chi connectivity index (χ4v) is 6.44. The zero-order chi connectivity index (χ0) is 33.9. The first-order chi connectivity index (χ1) is 23.2. The molecule has 1 saturated heterocycles. The molecule has 1 aliphatic heterocycles. The smallest absolute Gasteiger partial charge is 0.417 e. The summed E-state index contributed by atoms with van der Waals surface area (Å²) in [7, 11) is 0. The van der Waals surface area contributed by atoms with E-state index in [9.17, 15) is 18.0 Å². The Bertz CT molecular complexity index is 1560. The Balaban J connectivity index is 1.28. The van der Waals surface area contributed by atoms with Crippen LogP contribution in [-0.4, -0.2) is 61.7 Å². The summed E-state index contributed by atoms with van der Waals surface area (Å²) in [5.41, 5.74) is 2.78. The third-order valence-corrected chi connectivity index (χ3v) is 9.14. The Morgan fingerprint density at radius 3 is 2.19 bits per heavy atom. The Labute approximate surface area is 286 Å². The molecule has 0 saturated carbocycles. The maximum atomic E-state index is 13.7. The van der Waals surface area contributed by atoms with Gasteiger partial charge in [-0.3, -0.25) is 9.69 Å². The van der Waals surface area contributed by atoms with Gasteiger partial charge in [0.05, 0.1) is 36.8 Å². The van der Waals surface area contributed by atoms with Gasteiger partial charge in [0.1, 0.15) is 5.75 Å². The van der Waals surface area contributed by atoms with Crippen molar-refractivity contribution in [2.45, 2.75) is 38.4 Å². The van der Waals surface area contributed by atoms with Crippen LogP contribution in [0, 0.1) is 5.92 Å². The molecular formula is C39H42ClF3N2O3. The normalized spacial score (nSPS) is 14.4. The molecule has 0 N–H and O–H groups in total. The third-order valence-electron chi connectivity index (χ3n) is 8.69. The van der Waals surface area contributed by atoms with Crippen molar-refractivity contribution in [1.29, 1.82) is 0 Å². The van der Waals surface area contributed by atoms with Crippen molar-refractivity contribution < 1.29 is 27.4 Å². The summed E-state index contributed by atoms with van der Waals surface area (Å²) in [6, 6.07) is 32.1. The molecule has 5 nitrogen and oxygen atoms in total. The van der Waals surface area contributed by atoms with Gasteiger partial charge in [0.2, 0.25) is 5.91 Å². The number of carbonyl (C=O) groups is 1. The number of carbonyl (C=O) groups excluding carboxylic acids is 1. The maximum Gasteiger partial charge on any atom is 0.417 e. The summed E-state index contributed by atoms with van der Waals surface area (Å²) in [5, 5.41) is -0.256. The monoisotopic (exact) mass is 678 g/mol. The van der Waals surface area contributed by atoms with Crippen molar-refractivity contribution in [2.24, 2.45) is 5.92 Å². The van der Waals surface area contributed by atoms with Crippen molar-refractivity contribution in [2.75, 3.05) is 46.0 Å². The van der Waals surface area contributed by atoms with Gasteiger partial charge in [-0.05, 0) is 52.8 Å². The van der Waals surface area contributed by atoms with Gasteiger partial charge in [0.15, 0.2) is 0 Å². The van der Waals surface area contributed by atoms with Crippen molar-refractivity contribution in [3.63, 3.8) is 0 Å². The third kappa shape index (κ3) is 10.1. The molecule has 1 heterocycles. The first-order valence-electron chi connectivity index (χ1n) is 16.4. The summed E-state index contributed by atoms with van der Waals surface area (Å²) in [6.45, 7) is 6.42. The summed E-state index contributed by atoms with van der Waals surface area (Å²) in [4.78, 5) is 16.8. The maximum absolute atomic E-state index is 13.7. The number of nitrogens with zero attached hydrogens (tertiary/aromatic N) is 2. The second-order valence-electron chi connectivity index (χ2n) is 12.4. The van der Waals surface area contributed by atoms with Gasteiger partial charge in [-0.2, -0.15) is 13.2 Å². The van der Waals surface area contributed by atoms with Gasteiger partial charge in [0.25, 0.3) is 0 Å². The average Bonchev–Trinajstić information content (AvgIpc) is 3.09. The summed E-state index contributed by atoms with van der Waals surface area (Å²) in [6.07, 6.45) is -3.50. The second-order valence-corrected chi connectivity index (χ2v) is 12.8. The van der Waals surface area contributed by atoms with Gasteiger partial charge in [0, 0.05) is 38.6 Å². The Morgan fingerprint density at radius 1 is 0.896 bits per heavy atom. The van der Waals surface area contributed by atoms with Crippen LogP contribution in [0.4, 0.5) is 13.2 Å². The van der Waals surface area contributed by atoms with Crippen LogP contribution < -0.4 is 4.74 Å². The van der Waals surface area contributed by atoms with Gasteiger partial charge >= 0.3 is 6.18 Å². The molecule has 0 aliphatic carbocycles. The fraction of sp³-hybridized carbons (Fsp3) is 0.359. The quantitative estimate of drug-likeness (QED) is 0.134. The molecule has 1 fully saturated rings. The highest BCUT2D eigenvalue weighted by atomic mass is 35.5. The van der Waals surface area contributed by atoms with Crippen LogP contribution in [0.3, 0.4) is 0 Å². The molecule has 254 valence electrons. The summed E-state index contributed by atoms with van der Waals surface area (Å²) < 4.78 is 52.7. The molecule has 48 heavy (non-hydrogen) atoms. The Morgan fingerprint density at radius 2 is 1.54 bits per heavy atom. The average molecular weight is 679 g/mol. The van der Waals surface area contributed by atoms with E-state index in [1.165, 1.54) is 6.07 Å². The number of rotatable bonds is 14. The Hall–Kier alpha value is -3.85. The van der Waals surface area contributed by atoms with Crippen molar-refractivity contribution in [1.82, 2.24) is 9.80 Å². The van der Waals surface area contributed by atoms with Crippen LogP contribution in [0.5, 0.6) is 5.75 Å². The van der Waals surface area contributed by atoms with Crippen LogP contribution in [0.25, 0.3) is 0 Å². The second kappa shape index (κ2) is 17.0. The van der Waals surface area contributed by atoms with Crippen LogP contribution in [0.2, 0.25) is 5.02 Å². The lowest BCUT2D eigenvalue weighted by Gasteiger charge is -2.31. The largest absolute Gasteiger partial charge is 0.494 e. The predicted octanol–water partition coefficient (Wildman–Crippen LogP) is 8.50. The van der Waals surface area contributed by atoms with E-state index in [2.05, 4.69) is 36.1 Å². The van der Waals surface area contributed by atoms with E-state index in [4.69, 9.17) is 21.1 Å². The molecule has 4 aromatic rings. The SMILES string of the molecule is C[C@H](CCOc1cccc(CC(=O)N2CCOCC2)c1)CN(Cc1cccc(C(F)(F)F)c1Cl)CC(c1ccccc1)c1ccccc1. The number of ether oxygens (including phenoxy) is 2. The molecule has 1 amide bonds. The van der Waals surface area contributed by atoms with Crippen molar-refractivity contribution >= 4 is 17.5 Å². The van der Waals surface area contributed by atoms with E-state index in [0.29, 0.717) is 63.7 Å². The van der Waals surface area contributed by atoms with Crippen LogP contribution in [0.1, 0.15) is 47.1 Å². The molecule has 5 rings (SSSR count). The first kappa shape index (κ1) is 35.5. The molecule has 0 aromatic heterocycles. The molecule has 0 spiro atoms. The minimum atomic E-state index is -4.54. The van der Waals surface area contributed by atoms with Gasteiger partial charge in [-0.25, -0.2) is 0 Å².